The summed E-state index contributed by atoms with van der Waals surface area (Å²) in [5.74, 6) is 3.29. The molecule has 4 saturated carbocycles. The molecule has 1 aliphatic heterocycles. The molecule has 1 heterocycles. The second-order valence-corrected chi connectivity index (χ2v) is 11.0. The quantitative estimate of drug-likeness (QED) is 0.715. The smallest absolute Gasteiger partial charge is 0.246 e. The van der Waals surface area contributed by atoms with Gasteiger partial charge >= 0.3 is 0 Å². The van der Waals surface area contributed by atoms with Gasteiger partial charge < -0.3 is 15.0 Å². The van der Waals surface area contributed by atoms with E-state index in [0.717, 1.165) is 23.0 Å². The molecule has 6 rings (SSSR count). The Morgan fingerprint density at radius 1 is 1.03 bits per heavy atom. The predicted molar refractivity (Wildman–Crippen MR) is 125 cm³/mol. The van der Waals surface area contributed by atoms with Crippen LogP contribution in [0.4, 0.5) is 0 Å². The maximum absolute atomic E-state index is 13.4. The van der Waals surface area contributed by atoms with Gasteiger partial charge in [0.25, 0.3) is 0 Å². The Kier molecular flexibility index (Phi) is 5.87. The van der Waals surface area contributed by atoms with Crippen LogP contribution in [0.5, 0.6) is 0 Å². The van der Waals surface area contributed by atoms with Crippen LogP contribution in [-0.4, -0.2) is 49.1 Å². The molecule has 2 amide bonds. The lowest BCUT2D eigenvalue weighted by Gasteiger charge is -2.54. The van der Waals surface area contributed by atoms with E-state index >= 15 is 0 Å². The van der Waals surface area contributed by atoms with Gasteiger partial charge in [0.15, 0.2) is 0 Å². The van der Waals surface area contributed by atoms with Crippen LogP contribution in [0.15, 0.2) is 30.3 Å². The average Bonchev–Trinajstić information content (AvgIpc) is 2.80. The van der Waals surface area contributed by atoms with Crippen molar-refractivity contribution in [1.29, 1.82) is 0 Å². The summed E-state index contributed by atoms with van der Waals surface area (Å²) in [5, 5.41) is 3.48. The van der Waals surface area contributed by atoms with Crippen LogP contribution >= 0.6 is 0 Å². The Labute approximate surface area is 191 Å². The average molecular weight is 437 g/mol. The Balaban J connectivity index is 1.26. The van der Waals surface area contributed by atoms with E-state index in [1.807, 2.05) is 49.1 Å². The molecule has 32 heavy (non-hydrogen) atoms. The molecule has 1 aromatic rings. The Bertz CT molecular complexity index is 872. The summed E-state index contributed by atoms with van der Waals surface area (Å²) < 4.78 is 5.32. The van der Waals surface area contributed by atoms with Crippen molar-refractivity contribution in [3.63, 3.8) is 0 Å². The third-order valence-corrected chi connectivity index (χ3v) is 8.44. The third kappa shape index (κ3) is 4.24. The number of rotatable bonds is 5. The highest BCUT2D eigenvalue weighted by Gasteiger charge is 2.49. The third-order valence-electron chi connectivity index (χ3n) is 8.44. The van der Waals surface area contributed by atoms with Gasteiger partial charge in [0.05, 0.1) is 18.6 Å². The molecule has 0 spiro atoms. The Hall–Kier alpha value is -2.14. The van der Waals surface area contributed by atoms with Crippen LogP contribution in [0, 0.1) is 23.7 Å². The highest BCUT2D eigenvalue weighted by atomic mass is 16.5. The number of nitrogens with zero attached hydrogens (tertiary/aromatic N) is 1. The predicted octanol–water partition coefficient (Wildman–Crippen LogP) is 3.78. The summed E-state index contributed by atoms with van der Waals surface area (Å²) in [6.07, 6.45) is 10.1. The fraction of sp³-hybridized carbons (Fsp3) is 0.630. The zero-order valence-corrected chi connectivity index (χ0v) is 19.4. The minimum atomic E-state index is -0.618. The minimum absolute atomic E-state index is 0.0117. The lowest BCUT2D eigenvalue weighted by atomic mass is 9.54. The molecule has 0 radical (unpaired) electrons. The van der Waals surface area contributed by atoms with E-state index in [4.69, 9.17) is 4.74 Å². The number of carbonyl (C=O) groups excluding carboxylic acids is 2. The zero-order valence-electron chi connectivity index (χ0n) is 19.4. The highest BCUT2D eigenvalue weighted by molar-refractivity contribution is 5.92. The molecule has 0 atom stereocenters. The minimum Gasteiger partial charge on any atom is -0.378 e. The fourth-order valence-electron chi connectivity index (χ4n) is 6.71. The van der Waals surface area contributed by atoms with E-state index in [0.29, 0.717) is 44.2 Å². The van der Waals surface area contributed by atoms with Gasteiger partial charge in [0, 0.05) is 25.2 Å². The van der Waals surface area contributed by atoms with E-state index in [2.05, 4.69) is 5.32 Å². The van der Waals surface area contributed by atoms with Crippen molar-refractivity contribution in [3.8, 4) is 0 Å². The van der Waals surface area contributed by atoms with Gasteiger partial charge in [-0.3, -0.25) is 9.59 Å². The van der Waals surface area contributed by atoms with E-state index in [9.17, 15) is 9.59 Å². The first-order valence-electron chi connectivity index (χ1n) is 12.4. The van der Waals surface area contributed by atoms with Gasteiger partial charge in [-0.05, 0) is 86.8 Å². The maximum atomic E-state index is 13.4. The number of benzene rings is 1. The van der Waals surface area contributed by atoms with Crippen LogP contribution in [0.1, 0.15) is 57.1 Å². The lowest BCUT2D eigenvalue weighted by Crippen LogP contribution is -2.58. The van der Waals surface area contributed by atoms with Crippen molar-refractivity contribution >= 4 is 17.9 Å². The van der Waals surface area contributed by atoms with E-state index in [1.54, 1.807) is 6.08 Å². The van der Waals surface area contributed by atoms with Crippen LogP contribution in [0.2, 0.25) is 0 Å². The van der Waals surface area contributed by atoms with Crippen LogP contribution in [-0.2, 0) is 19.7 Å². The van der Waals surface area contributed by atoms with Gasteiger partial charge in [0.2, 0.25) is 11.8 Å². The number of nitrogens with one attached hydrogen (secondary N) is 1. The van der Waals surface area contributed by atoms with Crippen molar-refractivity contribution in [2.24, 2.45) is 23.7 Å². The van der Waals surface area contributed by atoms with E-state index in [-0.39, 0.29) is 11.8 Å². The fourth-order valence-corrected chi connectivity index (χ4v) is 6.71. The highest BCUT2D eigenvalue weighted by Crippen LogP contribution is 2.53. The summed E-state index contributed by atoms with van der Waals surface area (Å²) >= 11 is 0. The molecule has 5 aliphatic rings. The summed E-state index contributed by atoms with van der Waals surface area (Å²) in [6, 6.07) is 8.38. The SMILES string of the molecule is CC(C)(C(=O)NC1C2CC3CC(C2)CC1C3)c1cccc(/C=C/C(=O)N2CCOCC2)c1. The molecular weight excluding hydrogens is 400 g/mol. The summed E-state index contributed by atoms with van der Waals surface area (Å²) in [7, 11) is 0. The molecule has 0 aromatic heterocycles. The monoisotopic (exact) mass is 436 g/mol. The number of ether oxygens (including phenoxy) is 1. The lowest BCUT2D eigenvalue weighted by molar-refractivity contribution is -0.130. The van der Waals surface area contributed by atoms with Gasteiger partial charge in [-0.2, -0.15) is 0 Å². The molecule has 0 unspecified atom stereocenters. The van der Waals surface area contributed by atoms with Crippen LogP contribution in [0.25, 0.3) is 6.08 Å². The number of morpholine rings is 1. The number of hydrogen-bond acceptors (Lipinski definition) is 3. The Morgan fingerprint density at radius 2 is 1.69 bits per heavy atom. The van der Waals surface area contributed by atoms with Crippen LogP contribution < -0.4 is 5.32 Å². The van der Waals surface area contributed by atoms with Crippen molar-refractivity contribution in [3.05, 3.63) is 41.5 Å². The second kappa shape index (κ2) is 8.66. The normalized spacial score (nSPS) is 31.8. The number of amides is 2. The van der Waals surface area contributed by atoms with Crippen LogP contribution in [0.3, 0.4) is 0 Å². The Morgan fingerprint density at radius 3 is 2.34 bits per heavy atom. The number of carbonyl (C=O) groups is 2. The molecular formula is C27H36N2O3. The standard InChI is InChI=1S/C27H36N2O3/c1-27(2,26(31)28-25-21-13-19-12-20(15-21)16-22(25)14-19)23-5-3-4-18(17-23)6-7-24(30)29-8-10-32-11-9-29/h3-7,17,19-22,25H,8-16H2,1-2H3,(H,28,31)/b7-6+. The maximum Gasteiger partial charge on any atom is 0.246 e. The van der Waals surface area contributed by atoms with Crippen molar-refractivity contribution in [2.45, 2.75) is 57.4 Å². The molecule has 5 nitrogen and oxygen atoms in total. The molecule has 5 heteroatoms. The number of hydrogen-bond donors (Lipinski definition) is 1. The van der Waals surface area contributed by atoms with Gasteiger partial charge in [-0.25, -0.2) is 0 Å². The van der Waals surface area contributed by atoms with Gasteiger partial charge in [0.1, 0.15) is 0 Å². The van der Waals surface area contributed by atoms with Crippen molar-refractivity contribution in [1.82, 2.24) is 10.2 Å². The topological polar surface area (TPSA) is 58.6 Å². The van der Waals surface area contributed by atoms with Gasteiger partial charge in [-0.15, -0.1) is 0 Å². The first kappa shape index (κ1) is 21.7. The molecule has 5 fully saturated rings. The summed E-state index contributed by atoms with van der Waals surface area (Å²) in [6.45, 7) is 6.51. The zero-order chi connectivity index (χ0) is 22.3. The molecule has 1 saturated heterocycles. The molecule has 172 valence electrons. The first-order valence-corrected chi connectivity index (χ1v) is 12.4. The second-order valence-electron chi connectivity index (χ2n) is 11.0. The van der Waals surface area contributed by atoms with Crippen molar-refractivity contribution < 1.29 is 14.3 Å². The molecule has 4 bridgehead atoms. The summed E-state index contributed by atoms with van der Waals surface area (Å²) in [5.41, 5.74) is 1.31. The molecule has 4 aliphatic carbocycles. The van der Waals surface area contributed by atoms with E-state index in [1.165, 1.54) is 32.1 Å². The largest absolute Gasteiger partial charge is 0.378 e. The molecule has 1 aromatic carbocycles. The van der Waals surface area contributed by atoms with Crippen molar-refractivity contribution in [2.75, 3.05) is 26.3 Å². The van der Waals surface area contributed by atoms with E-state index < -0.39 is 5.41 Å². The molecule has 1 N–H and O–H groups in total. The van der Waals surface area contributed by atoms with Gasteiger partial charge in [-0.1, -0.05) is 24.3 Å². The first-order chi connectivity index (χ1) is 15.4. The summed E-state index contributed by atoms with van der Waals surface area (Å²) in [4.78, 5) is 27.7.